The van der Waals surface area contributed by atoms with Gasteiger partial charge in [0, 0.05) is 12.1 Å². The quantitative estimate of drug-likeness (QED) is 0.298. The van der Waals surface area contributed by atoms with Crippen molar-refractivity contribution in [2.75, 3.05) is 24.6 Å². The van der Waals surface area contributed by atoms with Crippen molar-refractivity contribution in [2.45, 2.75) is 64.1 Å². The minimum Gasteiger partial charge on any atom is -0.497 e. The molecular weight excluding hydrogens is 554 g/mol. The number of amides is 2. The summed E-state index contributed by atoms with van der Waals surface area (Å²) in [6, 6.07) is 21.0. The molecule has 1 N–H and O–H groups in total. The van der Waals surface area contributed by atoms with Gasteiger partial charge in [0.05, 0.1) is 24.3 Å². The van der Waals surface area contributed by atoms with E-state index in [0.29, 0.717) is 24.5 Å². The third-order valence-corrected chi connectivity index (χ3v) is 8.21. The van der Waals surface area contributed by atoms with Crippen LogP contribution in [0.2, 0.25) is 0 Å². The van der Waals surface area contributed by atoms with Gasteiger partial charge in [0.15, 0.2) is 0 Å². The summed E-state index contributed by atoms with van der Waals surface area (Å²) < 4.78 is 40.2. The smallest absolute Gasteiger partial charge is 0.264 e. The first kappa shape index (κ1) is 32.5. The Bertz CT molecular complexity index is 1440. The highest BCUT2D eigenvalue weighted by atomic mass is 32.2. The third kappa shape index (κ3) is 8.25. The number of carbonyl (C=O) groups excluding carboxylic acids is 2. The molecule has 0 fully saturated rings. The molecule has 0 radical (unpaired) electrons. The fourth-order valence-electron chi connectivity index (χ4n) is 4.47. The van der Waals surface area contributed by atoms with Crippen LogP contribution in [-0.4, -0.2) is 57.0 Å². The normalized spacial score (nSPS) is 12.2. The lowest BCUT2D eigenvalue weighted by molar-refractivity contribution is -0.141. The lowest BCUT2D eigenvalue weighted by Gasteiger charge is -2.35. The Morgan fingerprint density at radius 2 is 1.52 bits per heavy atom. The molecule has 42 heavy (non-hydrogen) atoms. The first-order chi connectivity index (χ1) is 19.9. The van der Waals surface area contributed by atoms with Crippen LogP contribution >= 0.6 is 0 Å². The van der Waals surface area contributed by atoms with Gasteiger partial charge in [0.1, 0.15) is 24.1 Å². The number of para-hydroxylation sites is 2. The van der Waals surface area contributed by atoms with Crippen LogP contribution in [0.4, 0.5) is 5.69 Å². The predicted octanol–water partition coefficient (Wildman–Crippen LogP) is 5.01. The number of benzene rings is 3. The van der Waals surface area contributed by atoms with Crippen molar-refractivity contribution in [2.24, 2.45) is 0 Å². The van der Waals surface area contributed by atoms with Gasteiger partial charge in [0.2, 0.25) is 11.8 Å². The van der Waals surface area contributed by atoms with Crippen LogP contribution in [0.1, 0.15) is 46.6 Å². The Balaban J connectivity index is 2.10. The van der Waals surface area contributed by atoms with Crippen molar-refractivity contribution < 1.29 is 27.5 Å². The molecule has 0 saturated heterocycles. The first-order valence-corrected chi connectivity index (χ1v) is 15.4. The maximum atomic E-state index is 14.2. The van der Waals surface area contributed by atoms with Gasteiger partial charge in [-0.1, -0.05) is 49.4 Å². The Hall–Kier alpha value is -4.05. The number of methoxy groups -OCH3 is 1. The molecule has 0 bridgehead atoms. The molecule has 0 aliphatic carbocycles. The van der Waals surface area contributed by atoms with E-state index in [1.165, 1.54) is 17.0 Å². The van der Waals surface area contributed by atoms with Crippen molar-refractivity contribution in [3.63, 3.8) is 0 Å². The van der Waals surface area contributed by atoms with Crippen molar-refractivity contribution in [1.82, 2.24) is 10.2 Å². The standard InChI is InChI=1S/C32H41N3O6S/c1-7-27(31(37)33-32(3,4)5)34(22-24-18-20-25(40-6)21-19-24)30(36)23-35(28-16-12-13-17-29(28)41-8-2)42(38,39)26-14-10-9-11-15-26/h9-21,27H,7-8,22-23H2,1-6H3,(H,33,37)/t27-/m1/s1. The number of nitrogens with one attached hydrogen (secondary N) is 1. The molecule has 1 atom stereocenters. The van der Waals surface area contributed by atoms with Gasteiger partial charge < -0.3 is 19.7 Å². The van der Waals surface area contributed by atoms with E-state index in [4.69, 9.17) is 9.47 Å². The number of anilines is 1. The second-order valence-corrected chi connectivity index (χ2v) is 12.6. The minimum absolute atomic E-state index is 0.0309. The highest BCUT2D eigenvalue weighted by Gasteiger charge is 2.35. The number of sulfonamides is 1. The molecule has 0 heterocycles. The summed E-state index contributed by atoms with van der Waals surface area (Å²) in [5.74, 6) is 0.125. The van der Waals surface area contributed by atoms with Crippen LogP contribution in [0.15, 0.2) is 83.8 Å². The van der Waals surface area contributed by atoms with Crippen LogP contribution in [0.3, 0.4) is 0 Å². The maximum absolute atomic E-state index is 14.2. The van der Waals surface area contributed by atoms with Crippen LogP contribution in [0.25, 0.3) is 0 Å². The molecule has 10 heteroatoms. The first-order valence-electron chi connectivity index (χ1n) is 13.9. The molecular formula is C32H41N3O6S. The van der Waals surface area contributed by atoms with Gasteiger partial charge in [0.25, 0.3) is 10.0 Å². The van der Waals surface area contributed by atoms with Crippen LogP contribution in [0, 0.1) is 0 Å². The fraction of sp³-hybridized carbons (Fsp3) is 0.375. The topological polar surface area (TPSA) is 105 Å². The number of hydrogen-bond donors (Lipinski definition) is 1. The van der Waals surface area contributed by atoms with Crippen LogP contribution < -0.4 is 19.1 Å². The van der Waals surface area contributed by atoms with E-state index in [1.54, 1.807) is 68.6 Å². The SMILES string of the molecule is CCOc1ccccc1N(CC(=O)N(Cc1ccc(OC)cc1)[C@H](CC)C(=O)NC(C)(C)C)S(=O)(=O)c1ccccc1. The molecule has 3 rings (SSSR count). The van der Waals surface area contributed by atoms with Gasteiger partial charge in [-0.25, -0.2) is 8.42 Å². The average Bonchev–Trinajstić information content (AvgIpc) is 2.96. The van der Waals surface area contributed by atoms with E-state index in [9.17, 15) is 18.0 Å². The minimum atomic E-state index is -4.20. The number of hydrogen-bond acceptors (Lipinski definition) is 6. The Morgan fingerprint density at radius 1 is 0.905 bits per heavy atom. The van der Waals surface area contributed by atoms with Crippen LogP contribution in [0.5, 0.6) is 11.5 Å². The van der Waals surface area contributed by atoms with E-state index in [1.807, 2.05) is 39.8 Å². The highest BCUT2D eigenvalue weighted by molar-refractivity contribution is 7.92. The monoisotopic (exact) mass is 595 g/mol. The van der Waals surface area contributed by atoms with Gasteiger partial charge in [-0.15, -0.1) is 0 Å². The van der Waals surface area contributed by atoms with E-state index in [0.717, 1.165) is 9.87 Å². The summed E-state index contributed by atoms with van der Waals surface area (Å²) in [6.45, 7) is 9.07. The van der Waals surface area contributed by atoms with Gasteiger partial charge in [-0.3, -0.25) is 13.9 Å². The molecule has 3 aromatic rings. The highest BCUT2D eigenvalue weighted by Crippen LogP contribution is 2.33. The van der Waals surface area contributed by atoms with Crippen molar-refractivity contribution in [1.29, 1.82) is 0 Å². The molecule has 0 aromatic heterocycles. The number of carbonyl (C=O) groups is 2. The zero-order chi connectivity index (χ0) is 30.9. The van der Waals surface area contributed by atoms with Gasteiger partial charge >= 0.3 is 0 Å². The molecule has 9 nitrogen and oxygen atoms in total. The van der Waals surface area contributed by atoms with E-state index in [2.05, 4.69) is 5.32 Å². The number of nitrogens with zero attached hydrogens (tertiary/aromatic N) is 2. The lowest BCUT2D eigenvalue weighted by Crippen LogP contribution is -2.55. The van der Waals surface area contributed by atoms with Gasteiger partial charge in [-0.05, 0) is 76.1 Å². The van der Waals surface area contributed by atoms with E-state index < -0.39 is 34.1 Å². The fourth-order valence-corrected chi connectivity index (χ4v) is 5.92. The van der Waals surface area contributed by atoms with Crippen molar-refractivity contribution >= 4 is 27.5 Å². The third-order valence-electron chi connectivity index (χ3n) is 6.44. The maximum Gasteiger partial charge on any atom is 0.264 e. The molecule has 2 amide bonds. The second-order valence-electron chi connectivity index (χ2n) is 10.8. The summed E-state index contributed by atoms with van der Waals surface area (Å²) in [6.07, 6.45) is 0.324. The van der Waals surface area contributed by atoms with Crippen molar-refractivity contribution in [3.05, 3.63) is 84.4 Å². The summed E-state index contributed by atoms with van der Waals surface area (Å²) in [4.78, 5) is 29.2. The molecule has 0 aliphatic rings. The Morgan fingerprint density at radius 3 is 2.10 bits per heavy atom. The molecule has 3 aromatic carbocycles. The van der Waals surface area contributed by atoms with Crippen molar-refractivity contribution in [3.8, 4) is 11.5 Å². The largest absolute Gasteiger partial charge is 0.497 e. The summed E-state index contributed by atoms with van der Waals surface area (Å²) in [7, 11) is -2.63. The molecule has 226 valence electrons. The molecule has 0 spiro atoms. The van der Waals surface area contributed by atoms with E-state index >= 15 is 0 Å². The molecule has 0 saturated carbocycles. The van der Waals surface area contributed by atoms with Gasteiger partial charge in [-0.2, -0.15) is 0 Å². The average molecular weight is 596 g/mol. The summed E-state index contributed by atoms with van der Waals surface area (Å²) >= 11 is 0. The second kappa shape index (κ2) is 14.2. The zero-order valence-corrected chi connectivity index (χ0v) is 26.0. The summed E-state index contributed by atoms with van der Waals surface area (Å²) in [5, 5.41) is 2.97. The number of ether oxygens (including phenoxy) is 2. The van der Waals surface area contributed by atoms with Crippen LogP contribution in [-0.2, 0) is 26.2 Å². The predicted molar refractivity (Wildman–Crippen MR) is 164 cm³/mol. The Kier molecular flexibility index (Phi) is 11.0. The molecule has 0 unspecified atom stereocenters. The zero-order valence-electron chi connectivity index (χ0n) is 25.2. The van der Waals surface area contributed by atoms with E-state index in [-0.39, 0.29) is 23.0 Å². The number of rotatable bonds is 13. The summed E-state index contributed by atoms with van der Waals surface area (Å²) in [5.41, 5.74) is 0.463. The lowest BCUT2D eigenvalue weighted by atomic mass is 10.1. The Labute approximate surface area is 249 Å². The molecule has 0 aliphatic heterocycles.